The molecule has 0 saturated carbocycles. The van der Waals surface area contributed by atoms with Crippen molar-refractivity contribution in [2.45, 2.75) is 0 Å². The molecule has 0 atom stereocenters. The van der Waals surface area contributed by atoms with E-state index in [0.717, 1.165) is 5.56 Å². The van der Waals surface area contributed by atoms with Gasteiger partial charge >= 0.3 is 5.97 Å². The van der Waals surface area contributed by atoms with Crippen LogP contribution in [-0.4, -0.2) is 16.1 Å². The lowest BCUT2D eigenvalue weighted by molar-refractivity contribution is 0.0690. The first-order valence-corrected chi connectivity index (χ1v) is 6.23. The van der Waals surface area contributed by atoms with Gasteiger partial charge in [-0.05, 0) is 22.0 Å². The zero-order valence-electron chi connectivity index (χ0n) is 7.78. The van der Waals surface area contributed by atoms with E-state index in [-0.39, 0.29) is 5.69 Å². The lowest BCUT2D eigenvalue weighted by atomic mass is 10.2. The van der Waals surface area contributed by atoms with Gasteiger partial charge in [0.25, 0.3) is 0 Å². The summed E-state index contributed by atoms with van der Waals surface area (Å²) in [6.45, 7) is 0. The summed E-state index contributed by atoms with van der Waals surface area (Å²) in [5.41, 5.74) is 0.752. The van der Waals surface area contributed by atoms with E-state index in [0.29, 0.717) is 13.8 Å². The third-order valence-corrected chi connectivity index (χ3v) is 3.96. The smallest absolute Gasteiger partial charge is 0.356 e. The van der Waals surface area contributed by atoms with Crippen molar-refractivity contribution in [2.24, 2.45) is 0 Å². The summed E-state index contributed by atoms with van der Waals surface area (Å²) in [4.78, 5) is 14.9. The molecule has 3 nitrogen and oxygen atoms in total. The normalized spacial score (nSPS) is 10.4. The van der Waals surface area contributed by atoms with Crippen LogP contribution in [0.1, 0.15) is 10.5 Å². The first kappa shape index (κ1) is 11.6. The Morgan fingerprint density at radius 2 is 2.12 bits per heavy atom. The molecule has 2 rings (SSSR count). The Bertz CT molecular complexity index is 556. The predicted octanol–water partition coefficient (Wildman–Crippen LogP) is 3.92. The van der Waals surface area contributed by atoms with E-state index in [1.165, 1.54) is 11.3 Å². The fraction of sp³-hybridized carbons (Fsp3) is 0. The van der Waals surface area contributed by atoms with Gasteiger partial charge in [-0.1, -0.05) is 29.8 Å². The van der Waals surface area contributed by atoms with Crippen molar-refractivity contribution in [3.8, 4) is 10.6 Å². The molecule has 1 aromatic carbocycles. The van der Waals surface area contributed by atoms with E-state index in [1.54, 1.807) is 12.1 Å². The minimum atomic E-state index is -1.05. The van der Waals surface area contributed by atoms with Crippen molar-refractivity contribution in [1.82, 2.24) is 4.98 Å². The number of aromatic carboxylic acids is 1. The van der Waals surface area contributed by atoms with Crippen LogP contribution >= 0.6 is 38.9 Å². The van der Waals surface area contributed by atoms with Gasteiger partial charge < -0.3 is 5.11 Å². The molecule has 82 valence electrons. The van der Waals surface area contributed by atoms with Crippen molar-refractivity contribution < 1.29 is 9.90 Å². The largest absolute Gasteiger partial charge is 0.476 e. The molecule has 0 aliphatic rings. The second-order valence-corrected chi connectivity index (χ2v) is 5.65. The zero-order valence-corrected chi connectivity index (χ0v) is 10.9. The van der Waals surface area contributed by atoms with Gasteiger partial charge in [0, 0.05) is 5.56 Å². The van der Waals surface area contributed by atoms with Gasteiger partial charge in [0.1, 0.15) is 8.79 Å². The van der Waals surface area contributed by atoms with E-state index >= 15 is 0 Å². The highest BCUT2D eigenvalue weighted by molar-refractivity contribution is 9.11. The van der Waals surface area contributed by atoms with E-state index in [4.69, 9.17) is 16.7 Å². The molecule has 16 heavy (non-hydrogen) atoms. The van der Waals surface area contributed by atoms with Crippen LogP contribution < -0.4 is 0 Å². The Hall–Kier alpha value is -0.910. The van der Waals surface area contributed by atoms with Gasteiger partial charge in [-0.2, -0.15) is 0 Å². The zero-order chi connectivity index (χ0) is 11.7. The lowest BCUT2D eigenvalue weighted by Gasteiger charge is -1.97. The van der Waals surface area contributed by atoms with E-state index < -0.39 is 5.97 Å². The summed E-state index contributed by atoms with van der Waals surface area (Å²) >= 11 is 10.4. The predicted molar refractivity (Wildman–Crippen MR) is 67.2 cm³/mol. The molecule has 0 aliphatic heterocycles. The number of nitrogens with zero attached hydrogens (tertiary/aromatic N) is 1. The molecule has 0 unspecified atom stereocenters. The molecule has 0 spiro atoms. The first-order chi connectivity index (χ1) is 7.59. The monoisotopic (exact) mass is 317 g/mol. The summed E-state index contributed by atoms with van der Waals surface area (Å²) in [5.74, 6) is -1.05. The molecule has 1 aromatic heterocycles. The average Bonchev–Trinajstić information content (AvgIpc) is 2.61. The number of halogens is 2. The molecule has 0 radical (unpaired) electrons. The quantitative estimate of drug-likeness (QED) is 0.913. The molecule has 0 bridgehead atoms. The Morgan fingerprint density at radius 1 is 1.44 bits per heavy atom. The summed E-state index contributed by atoms with van der Waals surface area (Å²) in [6.07, 6.45) is 0. The fourth-order valence-corrected chi connectivity index (χ4v) is 3.01. The van der Waals surface area contributed by atoms with Gasteiger partial charge in [0.15, 0.2) is 5.69 Å². The molecule has 0 amide bonds. The van der Waals surface area contributed by atoms with Crippen LogP contribution in [0.4, 0.5) is 0 Å². The number of hydrogen-bond acceptors (Lipinski definition) is 3. The Morgan fingerprint density at radius 3 is 2.69 bits per heavy atom. The van der Waals surface area contributed by atoms with Crippen LogP contribution in [0.15, 0.2) is 28.1 Å². The molecular weight excluding hydrogens is 314 g/mol. The number of carbonyl (C=O) groups is 1. The third-order valence-electron chi connectivity index (χ3n) is 1.89. The van der Waals surface area contributed by atoms with E-state index in [9.17, 15) is 4.79 Å². The summed E-state index contributed by atoms with van der Waals surface area (Å²) in [5, 5.41) is 10.0. The first-order valence-electron chi connectivity index (χ1n) is 4.24. The number of benzene rings is 1. The Balaban J connectivity index is 2.54. The van der Waals surface area contributed by atoms with Crippen molar-refractivity contribution in [2.75, 3.05) is 0 Å². The van der Waals surface area contributed by atoms with Crippen molar-refractivity contribution in [3.63, 3.8) is 0 Å². The highest BCUT2D eigenvalue weighted by Gasteiger charge is 2.17. The van der Waals surface area contributed by atoms with Crippen molar-refractivity contribution in [1.29, 1.82) is 0 Å². The highest BCUT2D eigenvalue weighted by Crippen LogP contribution is 2.35. The van der Waals surface area contributed by atoms with E-state index in [2.05, 4.69) is 20.9 Å². The number of thiazole rings is 1. The second kappa shape index (κ2) is 4.53. The number of aromatic nitrogens is 1. The topological polar surface area (TPSA) is 50.2 Å². The van der Waals surface area contributed by atoms with Gasteiger partial charge in [-0.25, -0.2) is 9.78 Å². The third kappa shape index (κ3) is 2.11. The Labute approximate surface area is 109 Å². The number of carboxylic acid groups (broad SMARTS) is 1. The minimum Gasteiger partial charge on any atom is -0.476 e. The van der Waals surface area contributed by atoms with E-state index in [1.807, 2.05) is 12.1 Å². The maximum absolute atomic E-state index is 10.8. The fourth-order valence-electron chi connectivity index (χ4n) is 1.18. The van der Waals surface area contributed by atoms with Crippen molar-refractivity contribution >= 4 is 44.8 Å². The molecule has 2 aromatic rings. The van der Waals surface area contributed by atoms with Gasteiger partial charge in [-0.15, -0.1) is 11.3 Å². The highest BCUT2D eigenvalue weighted by atomic mass is 79.9. The van der Waals surface area contributed by atoms with Gasteiger partial charge in [-0.3, -0.25) is 0 Å². The molecule has 1 N–H and O–H groups in total. The minimum absolute atomic E-state index is 0.0138. The Kier molecular flexibility index (Phi) is 3.28. The SMILES string of the molecule is O=C(O)c1nc(-c2ccccc2Cl)sc1Br. The number of carboxylic acids is 1. The van der Waals surface area contributed by atoms with Crippen LogP contribution in [0, 0.1) is 0 Å². The molecule has 1 heterocycles. The van der Waals surface area contributed by atoms with Crippen molar-refractivity contribution in [3.05, 3.63) is 38.8 Å². The van der Waals surface area contributed by atoms with Crippen LogP contribution in [0.2, 0.25) is 5.02 Å². The number of hydrogen-bond donors (Lipinski definition) is 1. The van der Waals surface area contributed by atoms with Gasteiger partial charge in [0.05, 0.1) is 5.02 Å². The van der Waals surface area contributed by atoms with Crippen LogP contribution in [0.3, 0.4) is 0 Å². The summed E-state index contributed by atoms with van der Waals surface area (Å²) in [7, 11) is 0. The number of rotatable bonds is 2. The maximum Gasteiger partial charge on any atom is 0.356 e. The van der Waals surface area contributed by atoms with Gasteiger partial charge in [0.2, 0.25) is 0 Å². The molecule has 6 heteroatoms. The average molecular weight is 319 g/mol. The van der Waals surface area contributed by atoms with Crippen LogP contribution in [-0.2, 0) is 0 Å². The molecular formula is C10H5BrClNO2S. The van der Waals surface area contributed by atoms with Crippen LogP contribution in [0.5, 0.6) is 0 Å². The van der Waals surface area contributed by atoms with Crippen LogP contribution in [0.25, 0.3) is 10.6 Å². The summed E-state index contributed by atoms with van der Waals surface area (Å²) in [6, 6.07) is 7.19. The maximum atomic E-state index is 10.8. The molecule has 0 fully saturated rings. The lowest BCUT2D eigenvalue weighted by Crippen LogP contribution is -1.97. The standard InChI is InChI=1S/C10H5BrClNO2S/c11-8-7(10(14)15)13-9(16-8)5-3-1-2-4-6(5)12/h1-4H,(H,14,15). The second-order valence-electron chi connectivity index (χ2n) is 2.93. The molecule has 0 saturated heterocycles. The molecule has 0 aliphatic carbocycles. The summed E-state index contributed by atoms with van der Waals surface area (Å²) < 4.78 is 0.495.